The number of hydrogen-bond donors (Lipinski definition) is 0. The summed E-state index contributed by atoms with van der Waals surface area (Å²) in [6, 6.07) is -0.962. The number of alkyl halides is 3. The van der Waals surface area contributed by atoms with Crippen molar-refractivity contribution in [3.8, 4) is 0 Å². The van der Waals surface area contributed by atoms with Gasteiger partial charge in [0.2, 0.25) is 0 Å². The Morgan fingerprint density at radius 3 is 2.39 bits per heavy atom. The average molecular weight is 540 g/mol. The Labute approximate surface area is 220 Å². The van der Waals surface area contributed by atoms with E-state index in [-0.39, 0.29) is 60.0 Å². The smallest absolute Gasteiger partial charge is 0.418 e. The minimum Gasteiger partial charge on any atom is -0.469 e. The van der Waals surface area contributed by atoms with E-state index >= 15 is 0 Å². The molecule has 2 aliphatic rings. The highest BCUT2D eigenvalue weighted by molar-refractivity contribution is 5.92. The first kappa shape index (κ1) is 28.0. The van der Waals surface area contributed by atoms with Crippen molar-refractivity contribution in [3.05, 3.63) is 18.1 Å². The van der Waals surface area contributed by atoms with E-state index in [0.717, 1.165) is 6.20 Å². The summed E-state index contributed by atoms with van der Waals surface area (Å²) < 4.78 is 55.1. The summed E-state index contributed by atoms with van der Waals surface area (Å²) in [6.07, 6.45) is -0.331. The van der Waals surface area contributed by atoms with Crippen LogP contribution in [0.15, 0.2) is 12.5 Å². The van der Waals surface area contributed by atoms with Gasteiger partial charge in [0.15, 0.2) is 0 Å². The van der Waals surface area contributed by atoms with Crippen molar-refractivity contribution >= 4 is 28.9 Å². The molecule has 2 aromatic rings. The van der Waals surface area contributed by atoms with Gasteiger partial charge in [-0.3, -0.25) is 4.79 Å². The molecule has 0 aromatic carbocycles. The van der Waals surface area contributed by atoms with E-state index in [9.17, 15) is 22.8 Å². The lowest BCUT2D eigenvalue weighted by Crippen LogP contribution is -2.59. The molecule has 1 saturated heterocycles. The lowest BCUT2D eigenvalue weighted by atomic mass is 9.85. The van der Waals surface area contributed by atoms with Crippen LogP contribution in [0.4, 0.5) is 23.8 Å². The monoisotopic (exact) mass is 539 g/mol. The van der Waals surface area contributed by atoms with E-state index in [0.29, 0.717) is 25.7 Å². The van der Waals surface area contributed by atoms with E-state index < -0.39 is 23.4 Å². The van der Waals surface area contributed by atoms with Crippen LogP contribution >= 0.6 is 0 Å². The van der Waals surface area contributed by atoms with Crippen LogP contribution in [0.3, 0.4) is 0 Å². The molecule has 0 bridgehead atoms. The van der Waals surface area contributed by atoms with Crippen LogP contribution in [0, 0.1) is 5.92 Å². The van der Waals surface area contributed by atoms with Gasteiger partial charge in [0.1, 0.15) is 23.4 Å². The Morgan fingerprint density at radius 1 is 1.05 bits per heavy atom. The number of esters is 1. The topological polar surface area (TPSA) is 89.8 Å². The highest BCUT2D eigenvalue weighted by Crippen LogP contribution is 2.43. The fourth-order valence-corrected chi connectivity index (χ4v) is 5.57. The molecule has 38 heavy (non-hydrogen) atoms. The van der Waals surface area contributed by atoms with Crippen LogP contribution in [-0.2, 0) is 20.4 Å². The Balaban J connectivity index is 1.72. The molecule has 1 amide bonds. The predicted molar refractivity (Wildman–Crippen MR) is 135 cm³/mol. The third-order valence-electron chi connectivity index (χ3n) is 7.36. The van der Waals surface area contributed by atoms with Gasteiger partial charge in [-0.25, -0.2) is 14.8 Å². The molecule has 2 fully saturated rings. The van der Waals surface area contributed by atoms with Gasteiger partial charge in [0.25, 0.3) is 0 Å². The first-order valence-corrected chi connectivity index (χ1v) is 13.0. The lowest BCUT2D eigenvalue weighted by molar-refractivity contribution is -0.147. The molecule has 3 heterocycles. The van der Waals surface area contributed by atoms with Gasteiger partial charge < -0.3 is 23.8 Å². The number of anilines is 1. The molecule has 0 spiro atoms. The van der Waals surface area contributed by atoms with E-state index in [4.69, 9.17) is 9.47 Å². The summed E-state index contributed by atoms with van der Waals surface area (Å²) in [5.74, 6) is -0.526. The van der Waals surface area contributed by atoms with Crippen LogP contribution < -0.4 is 4.90 Å². The molecule has 1 aliphatic carbocycles. The Bertz CT molecular complexity index is 1190. The Morgan fingerprint density at radius 2 is 1.76 bits per heavy atom. The molecule has 9 nitrogen and oxygen atoms in total. The summed E-state index contributed by atoms with van der Waals surface area (Å²) in [7, 11) is 1.32. The fraction of sp³-hybridized carbons (Fsp3) is 0.692. The maximum atomic E-state index is 14.4. The first-order chi connectivity index (χ1) is 17.7. The number of amides is 1. The molecule has 3 unspecified atom stereocenters. The van der Waals surface area contributed by atoms with Crippen molar-refractivity contribution in [1.29, 1.82) is 0 Å². The molecule has 0 radical (unpaired) electrons. The van der Waals surface area contributed by atoms with E-state index in [1.165, 1.54) is 13.4 Å². The summed E-state index contributed by atoms with van der Waals surface area (Å²) in [5.41, 5.74) is -1.28. The standard InChI is InChI=1S/C26H36F3N5O4/c1-15-12-33(24(36)38-25(3,4)5)16(2)11-32(15)21-20-19(26(27,28)29)13-34(22(20)31-14-30-21)18-9-7-8-17(10-18)23(35)37-6/h13-18H,7-12H2,1-6H3/t15?,16-,17?,18?/m0/s1. The van der Waals surface area contributed by atoms with E-state index in [1.54, 1.807) is 30.2 Å². The van der Waals surface area contributed by atoms with Crippen LogP contribution in [-0.4, -0.2) is 69.4 Å². The third kappa shape index (κ3) is 5.54. The molecule has 1 aliphatic heterocycles. The van der Waals surface area contributed by atoms with Crippen LogP contribution in [0.5, 0.6) is 0 Å². The number of carbonyl (C=O) groups is 2. The van der Waals surface area contributed by atoms with E-state index in [2.05, 4.69) is 9.97 Å². The SMILES string of the molecule is COC(=O)C1CCCC(n2cc(C(F)(F)F)c3c(N4C[C@H](C)N(C(=O)OC(C)(C)C)CC4C)ncnc32)C1. The second-order valence-corrected chi connectivity index (χ2v) is 11.4. The second-order valence-electron chi connectivity index (χ2n) is 11.4. The van der Waals surface area contributed by atoms with Gasteiger partial charge >= 0.3 is 18.2 Å². The van der Waals surface area contributed by atoms with Crippen molar-refractivity contribution in [1.82, 2.24) is 19.4 Å². The number of ether oxygens (including phenoxy) is 2. The van der Waals surface area contributed by atoms with Gasteiger partial charge in [-0.05, 0) is 53.9 Å². The van der Waals surface area contributed by atoms with Crippen molar-refractivity contribution < 1.29 is 32.2 Å². The van der Waals surface area contributed by atoms with Crippen molar-refractivity contribution in [3.63, 3.8) is 0 Å². The number of carbonyl (C=O) groups excluding carboxylic acids is 2. The Kier molecular flexibility index (Phi) is 7.55. The van der Waals surface area contributed by atoms with E-state index in [1.807, 2.05) is 18.7 Å². The molecule has 4 rings (SSSR count). The quantitative estimate of drug-likeness (QED) is 0.496. The molecule has 0 N–H and O–H groups in total. The number of rotatable bonds is 3. The maximum absolute atomic E-state index is 14.4. The van der Waals surface area contributed by atoms with Gasteiger partial charge in [0, 0.05) is 37.4 Å². The minimum atomic E-state index is -4.63. The minimum absolute atomic E-state index is 0.0649. The summed E-state index contributed by atoms with van der Waals surface area (Å²) >= 11 is 0. The number of halogens is 3. The molecule has 210 valence electrons. The van der Waals surface area contributed by atoms with Crippen molar-refractivity contribution in [2.45, 2.75) is 90.2 Å². The van der Waals surface area contributed by atoms with Crippen LogP contribution in [0.1, 0.15) is 71.9 Å². The number of fused-ring (bicyclic) bond motifs is 1. The molecule has 4 atom stereocenters. The van der Waals surface area contributed by atoms with Crippen LogP contribution in [0.25, 0.3) is 11.0 Å². The largest absolute Gasteiger partial charge is 0.469 e. The van der Waals surface area contributed by atoms with Gasteiger partial charge in [-0.1, -0.05) is 6.42 Å². The number of piperazine rings is 1. The van der Waals surface area contributed by atoms with Crippen LogP contribution in [0.2, 0.25) is 0 Å². The third-order valence-corrected chi connectivity index (χ3v) is 7.36. The zero-order chi connectivity index (χ0) is 28.0. The van der Waals surface area contributed by atoms with Crippen molar-refractivity contribution in [2.75, 3.05) is 25.1 Å². The molecule has 2 aromatic heterocycles. The zero-order valence-electron chi connectivity index (χ0n) is 22.7. The second kappa shape index (κ2) is 10.3. The van der Waals surface area contributed by atoms with Gasteiger partial charge in [0.05, 0.1) is 24.0 Å². The molecule has 12 heteroatoms. The lowest BCUT2D eigenvalue weighted by Gasteiger charge is -2.44. The summed E-state index contributed by atoms with van der Waals surface area (Å²) in [6.45, 7) is 9.60. The maximum Gasteiger partial charge on any atom is 0.418 e. The summed E-state index contributed by atoms with van der Waals surface area (Å²) in [5, 5.41) is -0.0649. The number of nitrogens with zero attached hydrogens (tertiary/aromatic N) is 5. The molecular weight excluding hydrogens is 503 g/mol. The molecule has 1 saturated carbocycles. The highest BCUT2D eigenvalue weighted by Gasteiger charge is 2.41. The average Bonchev–Trinajstić information content (AvgIpc) is 3.24. The summed E-state index contributed by atoms with van der Waals surface area (Å²) in [4.78, 5) is 37.0. The number of methoxy groups -OCH3 is 1. The predicted octanol–water partition coefficient (Wildman–Crippen LogP) is 5.19. The Hall–Kier alpha value is -3.05. The fourth-order valence-electron chi connectivity index (χ4n) is 5.57. The number of aromatic nitrogens is 3. The van der Waals surface area contributed by atoms with Gasteiger partial charge in [-0.15, -0.1) is 0 Å². The highest BCUT2D eigenvalue weighted by atomic mass is 19.4. The normalized spacial score (nSPS) is 25.0. The van der Waals surface area contributed by atoms with Gasteiger partial charge in [-0.2, -0.15) is 13.2 Å². The molecular formula is C26H36F3N5O4. The number of hydrogen-bond acceptors (Lipinski definition) is 7. The first-order valence-electron chi connectivity index (χ1n) is 13.0. The zero-order valence-corrected chi connectivity index (χ0v) is 22.7. The van der Waals surface area contributed by atoms with Crippen molar-refractivity contribution in [2.24, 2.45) is 5.92 Å².